The number of carbonyl (C=O) groups is 12. The van der Waals surface area contributed by atoms with Gasteiger partial charge in [0.25, 0.3) is 11.8 Å². The average Bonchev–Trinajstić information content (AvgIpc) is 0.875. The second-order valence-corrected chi connectivity index (χ2v) is 27.1. The number of nitrogen functional groups attached to an aromatic ring is 1. The molecule has 0 aromatic heterocycles. The molecule has 90 heavy (non-hydrogen) atoms. The number of hydrogen-bond donors (Lipinski definition) is 5. The van der Waals surface area contributed by atoms with Crippen LogP contribution in [0.2, 0.25) is 0 Å². The third kappa shape index (κ3) is 14.3. The van der Waals surface area contributed by atoms with E-state index in [4.69, 9.17) is 24.6 Å². The molecule has 6 N–H and O–H groups in total. The summed E-state index contributed by atoms with van der Waals surface area (Å²) >= 11 is 3.55. The van der Waals surface area contributed by atoms with Crippen molar-refractivity contribution in [1.29, 1.82) is 0 Å². The fourth-order valence-corrected chi connectivity index (χ4v) is 13.1. The molecule has 0 unspecified atom stereocenters. The zero-order valence-corrected chi connectivity index (χ0v) is 57.2. The fraction of sp³-hybridized carbons (Fsp3) is 0.600. The predicted molar refractivity (Wildman–Crippen MR) is 341 cm³/mol. The van der Waals surface area contributed by atoms with Gasteiger partial charge in [-0.2, -0.15) is 0 Å². The minimum atomic E-state index is -1.89. The SMILES string of the molecule is CC(C)[C@H]1C(=O)O[C@H](C)[C@H](NC(=O)c2c3nc4c(C(=O)N[C@@H]5C(=O)N[C@H](C(C)C)C(=O)N6CCC[C@H]6C(=O)N(C)CC(=O)N(C)[C@@H](C(C)C)C(=O)O[C@@H]5C)ccc(I)c4oc-3c(I)c(=O)c2N)C(=O)N[C@H](C(C)C)C(=O)N2CCC[C@H]2C(=O)N(C)CC(=O)N1C. The molecule has 7 rings (SSSR count). The topological polar surface area (TPSA) is 360 Å². The van der Waals surface area contributed by atoms with Crippen LogP contribution in [0.3, 0.4) is 0 Å². The van der Waals surface area contributed by atoms with Crippen molar-refractivity contribution in [2.24, 2.45) is 23.7 Å². The van der Waals surface area contributed by atoms with Crippen molar-refractivity contribution in [3.05, 3.63) is 40.6 Å². The molecular weight excluding hydrogens is 1400 g/mol. The van der Waals surface area contributed by atoms with E-state index in [1.165, 1.54) is 73.8 Å². The van der Waals surface area contributed by atoms with Gasteiger partial charge in [0, 0.05) is 41.3 Å². The summed E-state index contributed by atoms with van der Waals surface area (Å²) in [5.74, 6) is -12.4. The lowest BCUT2D eigenvalue weighted by molar-refractivity contribution is -0.163. The lowest BCUT2D eigenvalue weighted by atomic mass is 9.99. The van der Waals surface area contributed by atoms with E-state index in [0.29, 0.717) is 16.4 Å². The molecule has 0 radical (unpaired) electrons. The maximum atomic E-state index is 15.2. The van der Waals surface area contributed by atoms with Crippen LogP contribution in [-0.4, -0.2) is 220 Å². The maximum Gasteiger partial charge on any atom is 0.329 e. The molecule has 1 aromatic carbocycles. The molecule has 5 aliphatic heterocycles. The second-order valence-electron chi connectivity index (χ2n) is 24.9. The average molecular weight is 1480 g/mol. The number of halogens is 2. The first-order valence-electron chi connectivity index (χ1n) is 29.9. The van der Waals surface area contributed by atoms with Crippen LogP contribution in [-0.2, 0) is 57.4 Å². The highest BCUT2D eigenvalue weighted by molar-refractivity contribution is 14.1. The number of rotatable bonds is 8. The number of esters is 2. The standard InChI is InChI=1S/C60H80I2N12O16/c1-25(2)40-57(84)73-21-15-17-33(73)55(82)69(11)23-35(75)71(13)46(27(5)6)59(86)88-29(9)42(53(80)65-40)67-51(78)31-19-20-32(61)49-44(31)64-45-37(39(63)48(77)38(62)50(45)90-49)52(79)68-43-30(10)89-60(87)47(28(7)8)72(14)36(76)24-70(12)56(83)34-18-16-22-74(34)58(85)41(26(3)4)66-54(43)81/h19-20,25-30,33-34,40-43,46-47H,15-18,21-24,63H2,1-14H3,(H,65,80)(H,66,81)(H,67,78)(H,68,79)/t29-,30-,33+,34+,40-,41-,42+,43+,46+,47+/m1/s1. The first-order chi connectivity index (χ1) is 42.1. The van der Waals surface area contributed by atoms with Crippen LogP contribution in [0.25, 0.3) is 22.6 Å². The minimum absolute atomic E-state index is 0.0944. The smallest absolute Gasteiger partial charge is 0.329 e. The Balaban J connectivity index is 1.32. The van der Waals surface area contributed by atoms with Crippen molar-refractivity contribution in [2.45, 2.75) is 155 Å². The number of cyclic esters (lactones) is 2. The molecule has 4 fully saturated rings. The first kappa shape index (κ1) is 70.2. The molecule has 5 heterocycles. The van der Waals surface area contributed by atoms with E-state index in [-0.39, 0.29) is 51.9 Å². The molecular formula is C60H80I2N12O16. The number of fused-ring (bicyclic) bond motifs is 4. The highest BCUT2D eigenvalue weighted by Gasteiger charge is 2.46. The summed E-state index contributed by atoms with van der Waals surface area (Å²) in [7, 11) is 5.58. The molecule has 1 aliphatic carbocycles. The third-order valence-corrected chi connectivity index (χ3v) is 18.8. The van der Waals surface area contributed by atoms with Crippen LogP contribution in [0.15, 0.2) is 21.3 Å². The zero-order valence-electron chi connectivity index (χ0n) is 52.9. The molecule has 30 heteroatoms. The number of nitrogens with two attached hydrogens (primary N) is 1. The molecule has 28 nitrogen and oxygen atoms in total. The maximum absolute atomic E-state index is 15.2. The lowest BCUT2D eigenvalue weighted by Gasteiger charge is -2.36. The minimum Gasteiger partial charge on any atom is -0.458 e. The Labute approximate surface area is 548 Å². The van der Waals surface area contributed by atoms with E-state index in [0.717, 1.165) is 9.80 Å². The van der Waals surface area contributed by atoms with E-state index >= 15 is 9.59 Å². The monoisotopic (exact) mass is 1480 g/mol. The Kier molecular flexibility index (Phi) is 22.2. The molecule has 1 aromatic rings. The number of anilines is 1. The van der Waals surface area contributed by atoms with Crippen molar-refractivity contribution >= 4 is 133 Å². The van der Waals surface area contributed by atoms with E-state index in [9.17, 15) is 52.7 Å². The van der Waals surface area contributed by atoms with Gasteiger partial charge in [-0.1, -0.05) is 55.4 Å². The van der Waals surface area contributed by atoms with Gasteiger partial charge in [-0.05, 0) is 121 Å². The second kappa shape index (κ2) is 28.5. The summed E-state index contributed by atoms with van der Waals surface area (Å²) in [6.45, 7) is 15.4. The summed E-state index contributed by atoms with van der Waals surface area (Å²) in [4.78, 5) is 199. The van der Waals surface area contributed by atoms with Gasteiger partial charge in [-0.25, -0.2) is 14.6 Å². The number of nitrogens with one attached hydrogen (secondary N) is 4. The van der Waals surface area contributed by atoms with E-state index < -0.39 is 191 Å². The molecule has 10 amide bonds. The van der Waals surface area contributed by atoms with Crippen LogP contribution in [0.5, 0.6) is 0 Å². The fourth-order valence-electron chi connectivity index (χ4n) is 11.9. The number of nitrogens with zero attached hydrogens (tertiary/aromatic N) is 7. The quantitative estimate of drug-likeness (QED) is 0.0919. The Morgan fingerprint density at radius 1 is 0.622 bits per heavy atom. The molecule has 0 saturated carbocycles. The van der Waals surface area contributed by atoms with E-state index in [1.807, 2.05) is 22.6 Å². The molecule has 490 valence electrons. The van der Waals surface area contributed by atoms with Crippen LogP contribution >= 0.6 is 45.2 Å². The number of ether oxygens (including phenoxy) is 2. The van der Waals surface area contributed by atoms with Gasteiger partial charge >= 0.3 is 11.9 Å². The summed E-state index contributed by atoms with van der Waals surface area (Å²) < 4.78 is 18.5. The zero-order chi connectivity index (χ0) is 67.0. The van der Waals surface area contributed by atoms with Gasteiger partial charge in [0.05, 0.1) is 33.5 Å². The van der Waals surface area contributed by atoms with Gasteiger partial charge in [0.15, 0.2) is 11.3 Å². The molecule has 10 atom stereocenters. The van der Waals surface area contributed by atoms with Gasteiger partial charge < -0.3 is 70.3 Å². The van der Waals surface area contributed by atoms with Crippen LogP contribution in [0.4, 0.5) is 5.69 Å². The number of likely N-dealkylation sites (N-methyl/N-ethyl adjacent to an activating group) is 4. The Morgan fingerprint density at radius 3 is 1.46 bits per heavy atom. The summed E-state index contributed by atoms with van der Waals surface area (Å²) in [5, 5.41) is 10.7. The number of aromatic nitrogens is 1. The van der Waals surface area contributed by atoms with Gasteiger partial charge in [0.1, 0.15) is 75.3 Å². The number of carbonyl (C=O) groups excluding carboxylic acids is 12. The van der Waals surface area contributed by atoms with Gasteiger partial charge in [-0.3, -0.25) is 52.7 Å². The Bertz CT molecular complexity index is 3430. The van der Waals surface area contributed by atoms with Crippen LogP contribution < -0.4 is 32.4 Å². The lowest BCUT2D eigenvalue weighted by Crippen LogP contribution is -2.61. The van der Waals surface area contributed by atoms with Crippen LogP contribution in [0.1, 0.15) is 116 Å². The number of hydrogen-bond acceptors (Lipinski definition) is 18. The van der Waals surface area contributed by atoms with E-state index in [2.05, 4.69) is 21.3 Å². The Hall–Kier alpha value is -7.26. The van der Waals surface area contributed by atoms with Gasteiger partial charge in [-0.15, -0.1) is 0 Å². The third-order valence-electron chi connectivity index (χ3n) is 17.0. The summed E-state index contributed by atoms with van der Waals surface area (Å²) in [6.07, 6.45) is -1.66. The van der Waals surface area contributed by atoms with Crippen molar-refractivity contribution in [1.82, 2.24) is 55.7 Å². The Morgan fingerprint density at radius 2 is 1.04 bits per heavy atom. The summed E-state index contributed by atoms with van der Waals surface area (Å²) in [6, 6.07) is -7.94. The normalized spacial score (nSPS) is 26.2. The highest BCUT2D eigenvalue weighted by atomic mass is 127. The largest absolute Gasteiger partial charge is 0.458 e. The van der Waals surface area contributed by atoms with Crippen molar-refractivity contribution < 1.29 is 71.4 Å². The van der Waals surface area contributed by atoms with Crippen LogP contribution in [0, 0.1) is 30.8 Å². The highest BCUT2D eigenvalue weighted by Crippen LogP contribution is 2.36. The predicted octanol–water partition coefficient (Wildman–Crippen LogP) is 1.32. The molecule has 0 bridgehead atoms. The van der Waals surface area contributed by atoms with Crippen molar-refractivity contribution in [2.75, 3.05) is 60.1 Å². The molecule has 6 aliphatic rings. The van der Waals surface area contributed by atoms with Crippen molar-refractivity contribution in [3.63, 3.8) is 0 Å². The first-order valence-corrected chi connectivity index (χ1v) is 32.1. The number of amides is 10. The van der Waals surface area contributed by atoms with Crippen molar-refractivity contribution in [3.8, 4) is 11.5 Å². The number of benzene rings is 2. The summed E-state index contributed by atoms with van der Waals surface area (Å²) in [5.41, 5.74) is 3.23. The molecule has 0 spiro atoms. The molecule has 4 saturated heterocycles. The van der Waals surface area contributed by atoms with E-state index in [1.54, 1.807) is 78.0 Å². The van der Waals surface area contributed by atoms with Gasteiger partial charge in [0.2, 0.25) is 52.7 Å².